The van der Waals surface area contributed by atoms with Crippen molar-refractivity contribution in [3.05, 3.63) is 0 Å². The van der Waals surface area contributed by atoms with E-state index in [1.807, 2.05) is 0 Å². The molecule has 2 rings (SSSR count). The van der Waals surface area contributed by atoms with E-state index >= 15 is 0 Å². The maximum absolute atomic E-state index is 9.13. The maximum Gasteiger partial charge on any atom is 0.0445 e. The van der Waals surface area contributed by atoms with Crippen molar-refractivity contribution in [2.75, 3.05) is 6.61 Å². The first-order valence-electron chi connectivity index (χ1n) is 7.31. The predicted molar refractivity (Wildman–Crippen MR) is 71.9 cm³/mol. The van der Waals surface area contributed by atoms with Crippen LogP contribution in [0.15, 0.2) is 0 Å². The monoisotopic (exact) mass is 239 g/mol. The molecule has 0 aliphatic heterocycles. The highest BCUT2D eigenvalue weighted by molar-refractivity contribution is 5.12. The van der Waals surface area contributed by atoms with Gasteiger partial charge in [0.1, 0.15) is 0 Å². The first-order valence-corrected chi connectivity index (χ1v) is 7.31. The van der Waals surface area contributed by atoms with Gasteiger partial charge in [0.15, 0.2) is 0 Å². The van der Waals surface area contributed by atoms with Crippen molar-refractivity contribution in [3.8, 4) is 0 Å². The third kappa shape index (κ3) is 2.15. The van der Waals surface area contributed by atoms with Gasteiger partial charge < -0.3 is 10.4 Å². The summed E-state index contributed by atoms with van der Waals surface area (Å²) in [4.78, 5) is 0. The second kappa shape index (κ2) is 4.55. The van der Waals surface area contributed by atoms with Gasteiger partial charge in [-0.3, -0.25) is 0 Å². The van der Waals surface area contributed by atoms with Crippen LogP contribution in [0.2, 0.25) is 0 Å². The van der Waals surface area contributed by atoms with Gasteiger partial charge in [0, 0.05) is 18.7 Å². The smallest absolute Gasteiger partial charge is 0.0445 e. The Balaban J connectivity index is 2.09. The highest BCUT2D eigenvalue weighted by Crippen LogP contribution is 2.62. The van der Waals surface area contributed by atoms with Crippen molar-refractivity contribution in [2.45, 2.75) is 71.9 Å². The summed E-state index contributed by atoms with van der Waals surface area (Å²) in [5.74, 6) is 0.900. The van der Waals surface area contributed by atoms with Gasteiger partial charge in [-0.25, -0.2) is 0 Å². The largest absolute Gasteiger partial charge is 0.396 e. The molecular weight excluding hydrogens is 210 g/mol. The van der Waals surface area contributed by atoms with Gasteiger partial charge in [-0.05, 0) is 48.9 Å². The lowest BCUT2D eigenvalue weighted by atomic mass is 9.68. The van der Waals surface area contributed by atoms with Crippen LogP contribution in [-0.4, -0.2) is 23.8 Å². The highest BCUT2D eigenvalue weighted by Gasteiger charge is 2.59. The molecule has 2 saturated carbocycles. The van der Waals surface area contributed by atoms with E-state index in [4.69, 9.17) is 5.11 Å². The molecule has 2 heteroatoms. The number of hydrogen-bond acceptors (Lipinski definition) is 2. The SMILES string of the molecule is CCC(CCO)NC1C(C)(C)[C@H]2CC[C@]1(C)C2. The van der Waals surface area contributed by atoms with Crippen LogP contribution in [0.5, 0.6) is 0 Å². The Kier molecular flexibility index (Phi) is 3.57. The molecule has 0 heterocycles. The summed E-state index contributed by atoms with van der Waals surface area (Å²) in [6.07, 6.45) is 6.21. The van der Waals surface area contributed by atoms with E-state index in [9.17, 15) is 0 Å². The van der Waals surface area contributed by atoms with Crippen LogP contribution in [0.1, 0.15) is 59.8 Å². The van der Waals surface area contributed by atoms with Gasteiger partial charge >= 0.3 is 0 Å². The summed E-state index contributed by atoms with van der Waals surface area (Å²) in [5.41, 5.74) is 0.924. The maximum atomic E-state index is 9.13. The lowest BCUT2D eigenvalue weighted by Crippen LogP contribution is -2.53. The van der Waals surface area contributed by atoms with E-state index in [1.54, 1.807) is 0 Å². The van der Waals surface area contributed by atoms with Gasteiger partial charge in [-0.1, -0.05) is 27.7 Å². The highest BCUT2D eigenvalue weighted by atomic mass is 16.3. The molecule has 2 aliphatic carbocycles. The Hall–Kier alpha value is -0.0800. The third-order valence-electron chi connectivity index (χ3n) is 5.64. The number of aliphatic hydroxyl groups excluding tert-OH is 1. The summed E-state index contributed by atoms with van der Waals surface area (Å²) in [7, 11) is 0. The molecule has 0 radical (unpaired) electrons. The molecule has 0 aromatic heterocycles. The van der Waals surface area contributed by atoms with E-state index in [1.165, 1.54) is 19.3 Å². The summed E-state index contributed by atoms with van der Waals surface area (Å²) >= 11 is 0. The lowest BCUT2D eigenvalue weighted by molar-refractivity contribution is 0.0929. The average molecular weight is 239 g/mol. The van der Waals surface area contributed by atoms with Gasteiger partial charge in [-0.2, -0.15) is 0 Å². The second-order valence-electron chi connectivity index (χ2n) is 7.13. The zero-order valence-electron chi connectivity index (χ0n) is 11.9. The Morgan fingerprint density at radius 1 is 1.35 bits per heavy atom. The zero-order chi connectivity index (χ0) is 12.7. The molecule has 0 amide bonds. The number of fused-ring (bicyclic) bond motifs is 2. The predicted octanol–water partition coefficient (Wildman–Crippen LogP) is 2.95. The van der Waals surface area contributed by atoms with Gasteiger partial charge in [0.2, 0.25) is 0 Å². The van der Waals surface area contributed by atoms with Crippen molar-refractivity contribution < 1.29 is 5.11 Å². The molecule has 100 valence electrons. The summed E-state index contributed by atoms with van der Waals surface area (Å²) < 4.78 is 0. The van der Waals surface area contributed by atoms with E-state index in [0.717, 1.165) is 18.8 Å². The average Bonchev–Trinajstić information content (AvgIpc) is 2.74. The third-order valence-corrected chi connectivity index (χ3v) is 5.64. The number of rotatable bonds is 5. The molecular formula is C15H29NO. The fourth-order valence-corrected chi connectivity index (χ4v) is 4.51. The van der Waals surface area contributed by atoms with Crippen LogP contribution in [0.4, 0.5) is 0 Å². The molecule has 2 unspecified atom stereocenters. The van der Waals surface area contributed by atoms with Crippen LogP contribution in [0, 0.1) is 16.7 Å². The van der Waals surface area contributed by atoms with Crippen LogP contribution in [-0.2, 0) is 0 Å². The molecule has 0 aromatic carbocycles. The van der Waals surface area contributed by atoms with E-state index < -0.39 is 0 Å². The van der Waals surface area contributed by atoms with Gasteiger partial charge in [0.05, 0.1) is 0 Å². The van der Waals surface area contributed by atoms with Crippen molar-refractivity contribution in [1.82, 2.24) is 5.32 Å². The summed E-state index contributed by atoms with van der Waals surface area (Å²) in [6.45, 7) is 9.86. The Morgan fingerprint density at radius 3 is 2.53 bits per heavy atom. The minimum atomic E-state index is 0.304. The van der Waals surface area contributed by atoms with Crippen molar-refractivity contribution >= 4 is 0 Å². The Bertz CT molecular complexity index is 271. The lowest BCUT2D eigenvalue weighted by Gasteiger charge is -2.45. The standard InChI is InChI=1S/C15H29NO/c1-5-12(7-9-17)16-13-14(2,3)11-6-8-15(13,4)10-11/h11-13,16-17H,5-10H2,1-4H3/t11-,12?,13?,15+/m0/s1. The molecule has 2 aliphatic rings. The second-order valence-corrected chi connectivity index (χ2v) is 7.13. The van der Waals surface area contributed by atoms with Crippen LogP contribution >= 0.6 is 0 Å². The topological polar surface area (TPSA) is 32.3 Å². The zero-order valence-corrected chi connectivity index (χ0v) is 11.9. The number of hydrogen-bond donors (Lipinski definition) is 2. The molecule has 2 bridgehead atoms. The van der Waals surface area contributed by atoms with Crippen LogP contribution in [0.25, 0.3) is 0 Å². The minimum absolute atomic E-state index is 0.304. The number of aliphatic hydroxyl groups is 1. The van der Waals surface area contributed by atoms with Crippen molar-refractivity contribution in [2.24, 2.45) is 16.7 Å². The normalized spacial score (nSPS) is 40.8. The van der Waals surface area contributed by atoms with Gasteiger partial charge in [-0.15, -0.1) is 0 Å². The molecule has 0 saturated heterocycles. The Labute approximate surface area is 106 Å². The summed E-state index contributed by atoms with van der Waals surface area (Å²) in [5, 5.41) is 13.0. The molecule has 2 fully saturated rings. The van der Waals surface area contributed by atoms with Crippen molar-refractivity contribution in [3.63, 3.8) is 0 Å². The fourth-order valence-electron chi connectivity index (χ4n) is 4.51. The quantitative estimate of drug-likeness (QED) is 0.773. The first kappa shape index (κ1) is 13.4. The fraction of sp³-hybridized carbons (Fsp3) is 1.00. The molecule has 2 nitrogen and oxygen atoms in total. The summed E-state index contributed by atoms with van der Waals surface area (Å²) in [6, 6.07) is 1.12. The minimum Gasteiger partial charge on any atom is -0.396 e. The molecule has 2 N–H and O–H groups in total. The van der Waals surface area contributed by atoms with Crippen LogP contribution in [0.3, 0.4) is 0 Å². The van der Waals surface area contributed by atoms with E-state index in [0.29, 0.717) is 29.5 Å². The number of nitrogens with one attached hydrogen (secondary N) is 1. The van der Waals surface area contributed by atoms with Gasteiger partial charge in [0.25, 0.3) is 0 Å². The molecule has 4 atom stereocenters. The van der Waals surface area contributed by atoms with E-state index in [2.05, 4.69) is 33.0 Å². The first-order chi connectivity index (χ1) is 7.94. The van der Waals surface area contributed by atoms with Crippen LogP contribution < -0.4 is 5.32 Å². The van der Waals surface area contributed by atoms with E-state index in [-0.39, 0.29) is 0 Å². The van der Waals surface area contributed by atoms with Crippen molar-refractivity contribution in [1.29, 1.82) is 0 Å². The Morgan fingerprint density at radius 2 is 2.06 bits per heavy atom. The molecule has 0 aromatic rings. The molecule has 0 spiro atoms. The molecule has 17 heavy (non-hydrogen) atoms.